The molecule has 2 aromatic rings. The van der Waals surface area contributed by atoms with E-state index in [1.807, 2.05) is 32.0 Å². The van der Waals surface area contributed by atoms with Crippen LogP contribution in [0.3, 0.4) is 0 Å². The third-order valence-electron chi connectivity index (χ3n) is 2.71. The Balaban J connectivity index is 2.34. The summed E-state index contributed by atoms with van der Waals surface area (Å²) in [4.78, 5) is 12.6. The van der Waals surface area contributed by atoms with Gasteiger partial charge in [-0.1, -0.05) is 6.07 Å². The highest BCUT2D eigenvalue weighted by atomic mass is 16.5. The SMILES string of the molecule is CCOc1nc(NC)nc(Nc2cc(C)ccc2OC)n1. The zero-order chi connectivity index (χ0) is 15.2. The van der Waals surface area contributed by atoms with Crippen molar-refractivity contribution in [3.05, 3.63) is 23.8 Å². The number of hydrogen-bond donors (Lipinski definition) is 2. The highest BCUT2D eigenvalue weighted by Gasteiger charge is 2.09. The maximum atomic E-state index is 5.33. The quantitative estimate of drug-likeness (QED) is 0.844. The molecular formula is C14H19N5O2. The number of aryl methyl sites for hydroxylation is 1. The molecular weight excluding hydrogens is 270 g/mol. The van der Waals surface area contributed by atoms with Crippen LogP contribution in [0.5, 0.6) is 11.8 Å². The van der Waals surface area contributed by atoms with E-state index in [4.69, 9.17) is 9.47 Å². The number of rotatable bonds is 6. The second-order valence-corrected chi connectivity index (χ2v) is 4.28. The van der Waals surface area contributed by atoms with Crippen LogP contribution in [0.15, 0.2) is 18.2 Å². The monoisotopic (exact) mass is 289 g/mol. The van der Waals surface area contributed by atoms with E-state index >= 15 is 0 Å². The third kappa shape index (κ3) is 3.71. The van der Waals surface area contributed by atoms with Gasteiger partial charge in [-0.2, -0.15) is 15.0 Å². The first-order valence-corrected chi connectivity index (χ1v) is 6.64. The predicted molar refractivity (Wildman–Crippen MR) is 81.6 cm³/mol. The number of nitrogens with one attached hydrogen (secondary N) is 2. The molecule has 0 aliphatic rings. The predicted octanol–water partition coefficient (Wildman–Crippen LogP) is 2.37. The standard InChI is InChI=1S/C14H19N5O2/c1-5-21-14-18-12(15-3)17-13(19-14)16-10-8-9(2)6-7-11(10)20-4/h6-8H,5H2,1-4H3,(H2,15,16,17,18,19). The van der Waals surface area contributed by atoms with E-state index in [0.717, 1.165) is 11.3 Å². The fourth-order valence-electron chi connectivity index (χ4n) is 1.76. The van der Waals surface area contributed by atoms with Gasteiger partial charge in [0.15, 0.2) is 0 Å². The van der Waals surface area contributed by atoms with E-state index in [1.54, 1.807) is 14.2 Å². The maximum Gasteiger partial charge on any atom is 0.323 e. The number of anilines is 3. The summed E-state index contributed by atoms with van der Waals surface area (Å²) in [5, 5.41) is 6.01. The summed E-state index contributed by atoms with van der Waals surface area (Å²) >= 11 is 0. The average Bonchev–Trinajstić information content (AvgIpc) is 2.47. The van der Waals surface area contributed by atoms with Crippen LogP contribution in [0.1, 0.15) is 12.5 Å². The van der Waals surface area contributed by atoms with E-state index in [9.17, 15) is 0 Å². The lowest BCUT2D eigenvalue weighted by molar-refractivity contribution is 0.312. The van der Waals surface area contributed by atoms with Crippen molar-refractivity contribution in [3.63, 3.8) is 0 Å². The highest BCUT2D eigenvalue weighted by Crippen LogP contribution is 2.28. The summed E-state index contributed by atoms with van der Waals surface area (Å²) in [5.74, 6) is 1.54. The van der Waals surface area contributed by atoms with Crippen molar-refractivity contribution < 1.29 is 9.47 Å². The number of aromatic nitrogens is 3. The zero-order valence-electron chi connectivity index (χ0n) is 12.6. The van der Waals surface area contributed by atoms with Crippen LogP contribution in [0.25, 0.3) is 0 Å². The highest BCUT2D eigenvalue weighted by molar-refractivity contribution is 5.64. The van der Waals surface area contributed by atoms with Gasteiger partial charge in [0.2, 0.25) is 11.9 Å². The number of ether oxygens (including phenoxy) is 2. The zero-order valence-corrected chi connectivity index (χ0v) is 12.6. The lowest BCUT2D eigenvalue weighted by Gasteiger charge is -2.12. The van der Waals surface area contributed by atoms with Crippen LogP contribution in [-0.4, -0.2) is 35.7 Å². The van der Waals surface area contributed by atoms with Gasteiger partial charge < -0.3 is 20.1 Å². The molecule has 112 valence electrons. The molecule has 0 saturated carbocycles. The molecule has 7 nitrogen and oxygen atoms in total. The van der Waals surface area contributed by atoms with Crippen LogP contribution < -0.4 is 20.1 Å². The second kappa shape index (κ2) is 6.74. The lowest BCUT2D eigenvalue weighted by atomic mass is 10.2. The summed E-state index contributed by atoms with van der Waals surface area (Å²) in [6.45, 7) is 4.36. The fourth-order valence-corrected chi connectivity index (χ4v) is 1.76. The Morgan fingerprint density at radius 1 is 1.14 bits per heavy atom. The van der Waals surface area contributed by atoms with E-state index in [1.165, 1.54) is 0 Å². The van der Waals surface area contributed by atoms with Crippen LogP contribution >= 0.6 is 0 Å². The summed E-state index contributed by atoms with van der Waals surface area (Å²) < 4.78 is 10.7. The van der Waals surface area contributed by atoms with E-state index in [0.29, 0.717) is 24.3 Å². The fraction of sp³-hybridized carbons (Fsp3) is 0.357. The topological polar surface area (TPSA) is 81.2 Å². The molecule has 0 spiro atoms. The van der Waals surface area contributed by atoms with Crippen molar-refractivity contribution in [2.75, 3.05) is 31.4 Å². The molecule has 2 N–H and O–H groups in total. The summed E-state index contributed by atoms with van der Waals surface area (Å²) in [5.41, 5.74) is 1.89. The Morgan fingerprint density at radius 2 is 1.90 bits per heavy atom. The number of hydrogen-bond acceptors (Lipinski definition) is 7. The van der Waals surface area contributed by atoms with E-state index in [2.05, 4.69) is 25.6 Å². The first kappa shape index (κ1) is 14.8. The van der Waals surface area contributed by atoms with Crippen molar-refractivity contribution >= 4 is 17.6 Å². The van der Waals surface area contributed by atoms with Gasteiger partial charge in [-0.3, -0.25) is 0 Å². The molecule has 0 amide bonds. The molecule has 0 bridgehead atoms. The van der Waals surface area contributed by atoms with Gasteiger partial charge in [-0.25, -0.2) is 0 Å². The minimum atomic E-state index is 0.269. The van der Waals surface area contributed by atoms with Gasteiger partial charge in [0, 0.05) is 7.05 Å². The third-order valence-corrected chi connectivity index (χ3v) is 2.71. The number of benzene rings is 1. The van der Waals surface area contributed by atoms with Gasteiger partial charge in [0.05, 0.1) is 19.4 Å². The first-order valence-electron chi connectivity index (χ1n) is 6.64. The smallest absolute Gasteiger partial charge is 0.323 e. The lowest BCUT2D eigenvalue weighted by Crippen LogP contribution is -2.07. The molecule has 1 heterocycles. The van der Waals surface area contributed by atoms with Crippen molar-refractivity contribution in [1.29, 1.82) is 0 Å². The minimum Gasteiger partial charge on any atom is -0.495 e. The largest absolute Gasteiger partial charge is 0.495 e. The van der Waals surface area contributed by atoms with Crippen molar-refractivity contribution in [3.8, 4) is 11.8 Å². The van der Waals surface area contributed by atoms with Crippen molar-refractivity contribution in [2.45, 2.75) is 13.8 Å². The molecule has 0 unspecified atom stereocenters. The Labute approximate surface area is 123 Å². The molecule has 7 heteroatoms. The van der Waals surface area contributed by atoms with Gasteiger partial charge >= 0.3 is 6.01 Å². The van der Waals surface area contributed by atoms with Gasteiger partial charge in [0.1, 0.15) is 5.75 Å². The normalized spacial score (nSPS) is 10.1. The van der Waals surface area contributed by atoms with Crippen molar-refractivity contribution in [2.24, 2.45) is 0 Å². The number of methoxy groups -OCH3 is 1. The van der Waals surface area contributed by atoms with Gasteiger partial charge in [-0.05, 0) is 31.5 Å². The van der Waals surface area contributed by atoms with Crippen molar-refractivity contribution in [1.82, 2.24) is 15.0 Å². The summed E-state index contributed by atoms with van der Waals surface area (Å²) in [7, 11) is 3.36. The molecule has 0 fully saturated rings. The molecule has 0 radical (unpaired) electrons. The first-order chi connectivity index (χ1) is 10.2. The molecule has 2 rings (SSSR count). The Hall–Kier alpha value is -2.57. The average molecular weight is 289 g/mol. The molecule has 0 saturated heterocycles. The van der Waals surface area contributed by atoms with Gasteiger partial charge in [0.25, 0.3) is 0 Å². The molecule has 1 aromatic carbocycles. The summed E-state index contributed by atoms with van der Waals surface area (Å²) in [6, 6.07) is 6.09. The van der Waals surface area contributed by atoms with E-state index < -0.39 is 0 Å². The number of nitrogens with zero attached hydrogens (tertiary/aromatic N) is 3. The minimum absolute atomic E-state index is 0.269. The van der Waals surface area contributed by atoms with Gasteiger partial charge in [-0.15, -0.1) is 0 Å². The molecule has 0 atom stereocenters. The maximum absolute atomic E-state index is 5.33. The Bertz CT molecular complexity index is 618. The molecule has 0 aliphatic carbocycles. The molecule has 1 aromatic heterocycles. The molecule has 0 aliphatic heterocycles. The second-order valence-electron chi connectivity index (χ2n) is 4.28. The van der Waals surface area contributed by atoms with Crippen LogP contribution in [0.4, 0.5) is 17.6 Å². The Morgan fingerprint density at radius 3 is 2.57 bits per heavy atom. The summed E-state index contributed by atoms with van der Waals surface area (Å²) in [6.07, 6.45) is 0. The van der Waals surface area contributed by atoms with Crippen LogP contribution in [0.2, 0.25) is 0 Å². The van der Waals surface area contributed by atoms with Crippen LogP contribution in [0, 0.1) is 6.92 Å². The Kier molecular flexibility index (Phi) is 4.76. The van der Waals surface area contributed by atoms with Crippen LogP contribution in [-0.2, 0) is 0 Å². The van der Waals surface area contributed by atoms with E-state index in [-0.39, 0.29) is 6.01 Å². The molecule has 21 heavy (non-hydrogen) atoms.